The Balaban J connectivity index is 2.26. The van der Waals surface area contributed by atoms with Gasteiger partial charge in [0.05, 0.1) is 0 Å². The fourth-order valence-corrected chi connectivity index (χ4v) is 2.45. The second-order valence-electron chi connectivity index (χ2n) is 5.29. The van der Waals surface area contributed by atoms with Crippen LogP contribution in [0, 0.1) is 5.41 Å². The van der Waals surface area contributed by atoms with E-state index < -0.39 is 0 Å². The van der Waals surface area contributed by atoms with Crippen LogP contribution in [0.5, 0.6) is 0 Å². The van der Waals surface area contributed by atoms with E-state index in [1.54, 1.807) is 0 Å². The highest BCUT2D eigenvalue weighted by molar-refractivity contribution is 4.86. The van der Waals surface area contributed by atoms with Crippen LogP contribution in [0.15, 0.2) is 0 Å². The Bertz CT molecular complexity index is 149. The molecule has 1 aliphatic carbocycles. The van der Waals surface area contributed by atoms with Gasteiger partial charge >= 0.3 is 0 Å². The van der Waals surface area contributed by atoms with E-state index in [2.05, 4.69) is 25.7 Å². The minimum atomic E-state index is 0.670. The SMILES string of the molecule is CCCCN(CCC)CC1(C)CCC1. The lowest BCUT2D eigenvalue weighted by Gasteiger charge is -2.42. The predicted molar refractivity (Wildman–Crippen MR) is 63.6 cm³/mol. The first kappa shape index (κ1) is 12.0. The fraction of sp³-hybridized carbons (Fsp3) is 1.00. The first-order valence-electron chi connectivity index (χ1n) is 6.42. The van der Waals surface area contributed by atoms with Crippen LogP contribution in [0.4, 0.5) is 0 Å². The zero-order chi connectivity index (χ0) is 10.4. The molecule has 1 heteroatoms. The molecule has 0 atom stereocenters. The van der Waals surface area contributed by atoms with Crippen molar-refractivity contribution in [3.8, 4) is 0 Å². The Hall–Kier alpha value is -0.0400. The molecule has 0 radical (unpaired) electrons. The van der Waals surface area contributed by atoms with E-state index in [4.69, 9.17) is 0 Å². The summed E-state index contributed by atoms with van der Waals surface area (Å²) >= 11 is 0. The lowest BCUT2D eigenvalue weighted by molar-refractivity contribution is 0.0843. The Kier molecular flexibility index (Phi) is 4.94. The van der Waals surface area contributed by atoms with Crippen molar-refractivity contribution in [3.05, 3.63) is 0 Å². The van der Waals surface area contributed by atoms with Crippen molar-refractivity contribution in [3.63, 3.8) is 0 Å². The van der Waals surface area contributed by atoms with E-state index in [1.807, 2.05) is 0 Å². The van der Waals surface area contributed by atoms with E-state index >= 15 is 0 Å². The molecule has 0 aromatic heterocycles. The molecular weight excluding hydrogens is 170 g/mol. The Labute approximate surface area is 89.9 Å². The van der Waals surface area contributed by atoms with Crippen LogP contribution in [0.25, 0.3) is 0 Å². The van der Waals surface area contributed by atoms with Crippen molar-refractivity contribution in [1.29, 1.82) is 0 Å². The third-order valence-corrected chi connectivity index (χ3v) is 3.53. The first-order valence-corrected chi connectivity index (χ1v) is 6.42. The minimum Gasteiger partial charge on any atom is -0.303 e. The van der Waals surface area contributed by atoms with Gasteiger partial charge in [-0.2, -0.15) is 0 Å². The number of hydrogen-bond acceptors (Lipinski definition) is 1. The predicted octanol–water partition coefficient (Wildman–Crippen LogP) is 3.69. The average Bonchev–Trinajstić information content (AvgIpc) is 2.12. The van der Waals surface area contributed by atoms with Gasteiger partial charge in [-0.25, -0.2) is 0 Å². The van der Waals surface area contributed by atoms with Crippen LogP contribution >= 0.6 is 0 Å². The van der Waals surface area contributed by atoms with Gasteiger partial charge in [0.1, 0.15) is 0 Å². The molecule has 0 heterocycles. The van der Waals surface area contributed by atoms with Crippen molar-refractivity contribution in [2.24, 2.45) is 5.41 Å². The molecule has 0 aliphatic heterocycles. The standard InChI is InChI=1S/C13H27N/c1-4-6-11-14(10-5-2)12-13(3)8-7-9-13/h4-12H2,1-3H3. The molecule has 0 aromatic rings. The molecule has 1 saturated carbocycles. The highest BCUT2D eigenvalue weighted by atomic mass is 15.1. The molecule has 0 saturated heterocycles. The summed E-state index contributed by atoms with van der Waals surface area (Å²) < 4.78 is 0. The largest absolute Gasteiger partial charge is 0.303 e. The summed E-state index contributed by atoms with van der Waals surface area (Å²) in [5.41, 5.74) is 0.670. The van der Waals surface area contributed by atoms with E-state index in [1.165, 1.54) is 58.2 Å². The zero-order valence-corrected chi connectivity index (χ0v) is 10.3. The molecule has 14 heavy (non-hydrogen) atoms. The maximum absolute atomic E-state index is 2.68. The summed E-state index contributed by atoms with van der Waals surface area (Å²) in [7, 11) is 0. The Morgan fingerprint density at radius 2 is 1.79 bits per heavy atom. The summed E-state index contributed by atoms with van der Waals surface area (Å²) in [6.07, 6.45) is 8.38. The van der Waals surface area contributed by atoms with Gasteiger partial charge in [-0.3, -0.25) is 0 Å². The normalized spacial score (nSPS) is 19.7. The van der Waals surface area contributed by atoms with Crippen LogP contribution < -0.4 is 0 Å². The average molecular weight is 197 g/mol. The van der Waals surface area contributed by atoms with Crippen LogP contribution in [0.3, 0.4) is 0 Å². The summed E-state index contributed by atoms with van der Waals surface area (Å²) in [5, 5.41) is 0. The van der Waals surface area contributed by atoms with E-state index in [9.17, 15) is 0 Å². The molecule has 1 nitrogen and oxygen atoms in total. The van der Waals surface area contributed by atoms with Crippen molar-refractivity contribution in [2.75, 3.05) is 19.6 Å². The second kappa shape index (κ2) is 5.75. The number of nitrogens with zero attached hydrogens (tertiary/aromatic N) is 1. The Morgan fingerprint density at radius 1 is 1.07 bits per heavy atom. The molecule has 1 fully saturated rings. The molecule has 84 valence electrons. The molecule has 0 unspecified atom stereocenters. The van der Waals surface area contributed by atoms with Crippen LogP contribution in [0.1, 0.15) is 59.3 Å². The maximum atomic E-state index is 2.68. The molecular formula is C13H27N. The molecule has 0 N–H and O–H groups in total. The first-order chi connectivity index (χ1) is 6.70. The number of unbranched alkanes of at least 4 members (excludes halogenated alkanes) is 1. The summed E-state index contributed by atoms with van der Waals surface area (Å²) in [5.74, 6) is 0. The number of rotatable bonds is 7. The highest BCUT2D eigenvalue weighted by Gasteiger charge is 2.32. The lowest BCUT2D eigenvalue weighted by Crippen LogP contribution is -2.41. The molecule has 0 bridgehead atoms. The molecule has 0 amide bonds. The lowest BCUT2D eigenvalue weighted by atomic mass is 9.70. The third kappa shape index (κ3) is 3.61. The second-order valence-corrected chi connectivity index (χ2v) is 5.29. The van der Waals surface area contributed by atoms with Gasteiger partial charge in [-0.1, -0.05) is 33.6 Å². The maximum Gasteiger partial charge on any atom is 0.00353 e. The van der Waals surface area contributed by atoms with Crippen LogP contribution in [-0.2, 0) is 0 Å². The van der Waals surface area contributed by atoms with Crippen LogP contribution in [-0.4, -0.2) is 24.5 Å². The van der Waals surface area contributed by atoms with E-state index in [0.717, 1.165) is 0 Å². The fourth-order valence-electron chi connectivity index (χ4n) is 2.45. The van der Waals surface area contributed by atoms with Crippen molar-refractivity contribution < 1.29 is 0 Å². The van der Waals surface area contributed by atoms with Crippen molar-refractivity contribution >= 4 is 0 Å². The van der Waals surface area contributed by atoms with Gasteiger partial charge in [0.2, 0.25) is 0 Å². The third-order valence-electron chi connectivity index (χ3n) is 3.53. The van der Waals surface area contributed by atoms with Gasteiger partial charge in [0.25, 0.3) is 0 Å². The Morgan fingerprint density at radius 3 is 2.21 bits per heavy atom. The topological polar surface area (TPSA) is 3.24 Å². The zero-order valence-electron chi connectivity index (χ0n) is 10.3. The molecule has 0 aromatic carbocycles. The van der Waals surface area contributed by atoms with Gasteiger partial charge in [0, 0.05) is 6.54 Å². The quantitative estimate of drug-likeness (QED) is 0.601. The molecule has 1 rings (SSSR count). The van der Waals surface area contributed by atoms with Crippen molar-refractivity contribution in [2.45, 2.75) is 59.3 Å². The summed E-state index contributed by atoms with van der Waals surface area (Å²) in [6.45, 7) is 11.0. The van der Waals surface area contributed by atoms with Gasteiger partial charge in [-0.05, 0) is 44.2 Å². The monoisotopic (exact) mass is 197 g/mol. The van der Waals surface area contributed by atoms with E-state index in [0.29, 0.717) is 5.41 Å². The highest BCUT2D eigenvalue weighted by Crippen LogP contribution is 2.40. The van der Waals surface area contributed by atoms with Gasteiger partial charge in [-0.15, -0.1) is 0 Å². The van der Waals surface area contributed by atoms with Crippen molar-refractivity contribution in [1.82, 2.24) is 4.90 Å². The smallest absolute Gasteiger partial charge is 0.00353 e. The summed E-state index contributed by atoms with van der Waals surface area (Å²) in [4.78, 5) is 2.68. The minimum absolute atomic E-state index is 0.670. The van der Waals surface area contributed by atoms with Gasteiger partial charge < -0.3 is 4.90 Å². The van der Waals surface area contributed by atoms with Crippen LogP contribution in [0.2, 0.25) is 0 Å². The van der Waals surface area contributed by atoms with Gasteiger partial charge in [0.15, 0.2) is 0 Å². The summed E-state index contributed by atoms with van der Waals surface area (Å²) in [6, 6.07) is 0. The molecule has 0 spiro atoms. The number of hydrogen-bond donors (Lipinski definition) is 0. The van der Waals surface area contributed by atoms with E-state index in [-0.39, 0.29) is 0 Å². The molecule has 1 aliphatic rings.